The number of ether oxygens (including phenoxy) is 1. The Morgan fingerprint density at radius 2 is 2.14 bits per heavy atom. The fourth-order valence-electron chi connectivity index (χ4n) is 1.39. The third-order valence-corrected chi connectivity index (χ3v) is 4.24. The van der Waals surface area contributed by atoms with E-state index in [-0.39, 0.29) is 9.88 Å². The van der Waals surface area contributed by atoms with Gasteiger partial charge in [-0.15, -0.1) is 11.3 Å². The highest BCUT2D eigenvalue weighted by atomic mass is 32.1. The van der Waals surface area contributed by atoms with Crippen molar-refractivity contribution < 1.29 is 19.2 Å². The number of hydrogen-bond donors (Lipinski definition) is 1. The van der Waals surface area contributed by atoms with E-state index in [0.29, 0.717) is 17.9 Å². The van der Waals surface area contributed by atoms with Crippen molar-refractivity contribution in [1.29, 1.82) is 0 Å². The summed E-state index contributed by atoms with van der Waals surface area (Å²) in [5.41, 5.74) is 0. The molecule has 9 heteroatoms. The SMILES string of the molecule is O=C(COC(=O)c1ccc([N+](=O)[O-])s1)NCc1cccs1. The first-order valence-corrected chi connectivity index (χ1v) is 7.46. The van der Waals surface area contributed by atoms with E-state index in [1.807, 2.05) is 17.5 Å². The van der Waals surface area contributed by atoms with Gasteiger partial charge in [-0.3, -0.25) is 14.9 Å². The minimum absolute atomic E-state index is 0.0905. The van der Waals surface area contributed by atoms with E-state index < -0.39 is 23.4 Å². The van der Waals surface area contributed by atoms with Gasteiger partial charge in [-0.1, -0.05) is 17.4 Å². The number of hydrogen-bond acceptors (Lipinski definition) is 7. The Balaban J connectivity index is 1.77. The zero-order valence-electron chi connectivity index (χ0n) is 10.6. The lowest BCUT2D eigenvalue weighted by molar-refractivity contribution is -0.380. The normalized spacial score (nSPS) is 10.1. The van der Waals surface area contributed by atoms with Crippen molar-refractivity contribution in [2.24, 2.45) is 0 Å². The Hall–Kier alpha value is -2.26. The molecule has 21 heavy (non-hydrogen) atoms. The summed E-state index contributed by atoms with van der Waals surface area (Å²) in [5, 5.41) is 14.9. The maximum absolute atomic E-state index is 11.6. The van der Waals surface area contributed by atoms with Crippen LogP contribution in [0.5, 0.6) is 0 Å². The minimum atomic E-state index is -0.751. The third-order valence-electron chi connectivity index (χ3n) is 2.35. The number of rotatable bonds is 6. The molecule has 2 heterocycles. The predicted octanol–water partition coefficient (Wildman–Crippen LogP) is 2.19. The molecule has 2 rings (SSSR count). The van der Waals surface area contributed by atoms with Crippen LogP contribution in [0.3, 0.4) is 0 Å². The average Bonchev–Trinajstić information content (AvgIpc) is 3.12. The van der Waals surface area contributed by atoms with E-state index in [2.05, 4.69) is 5.32 Å². The molecular formula is C12H10N2O5S2. The third kappa shape index (κ3) is 4.36. The van der Waals surface area contributed by atoms with Gasteiger partial charge in [0.15, 0.2) is 6.61 Å². The smallest absolute Gasteiger partial charge is 0.349 e. The van der Waals surface area contributed by atoms with E-state index in [1.165, 1.54) is 23.5 Å². The highest BCUT2D eigenvalue weighted by Gasteiger charge is 2.17. The Morgan fingerprint density at radius 3 is 2.76 bits per heavy atom. The number of nitro groups is 1. The second-order valence-corrected chi connectivity index (χ2v) is 5.92. The number of nitrogens with one attached hydrogen (secondary N) is 1. The molecule has 1 amide bonds. The molecule has 0 aromatic carbocycles. The first-order chi connectivity index (χ1) is 10.1. The van der Waals surface area contributed by atoms with Crippen molar-refractivity contribution in [1.82, 2.24) is 5.32 Å². The van der Waals surface area contributed by atoms with Crippen LogP contribution in [0.4, 0.5) is 5.00 Å². The lowest BCUT2D eigenvalue weighted by Crippen LogP contribution is -2.27. The number of nitrogens with zero attached hydrogens (tertiary/aromatic N) is 1. The maximum atomic E-state index is 11.6. The van der Waals surface area contributed by atoms with Crippen molar-refractivity contribution in [3.8, 4) is 0 Å². The molecule has 2 aromatic rings. The van der Waals surface area contributed by atoms with Crippen molar-refractivity contribution in [3.05, 3.63) is 49.5 Å². The van der Waals surface area contributed by atoms with Crippen LogP contribution in [0.1, 0.15) is 14.5 Å². The quantitative estimate of drug-likeness (QED) is 0.498. The summed E-state index contributed by atoms with van der Waals surface area (Å²) in [6.07, 6.45) is 0. The Kier molecular flexibility index (Phi) is 5.01. The van der Waals surface area contributed by atoms with Gasteiger partial charge in [0, 0.05) is 10.9 Å². The molecule has 0 aliphatic heterocycles. The molecule has 0 aliphatic carbocycles. The van der Waals surface area contributed by atoms with Crippen molar-refractivity contribution in [2.45, 2.75) is 6.54 Å². The Labute approximate surface area is 127 Å². The summed E-state index contributed by atoms with van der Waals surface area (Å²) in [6.45, 7) is -0.0472. The largest absolute Gasteiger partial charge is 0.451 e. The molecule has 0 aliphatic rings. The van der Waals surface area contributed by atoms with Crippen LogP contribution in [-0.4, -0.2) is 23.4 Å². The van der Waals surface area contributed by atoms with Crippen LogP contribution >= 0.6 is 22.7 Å². The number of carbonyl (C=O) groups is 2. The van der Waals surface area contributed by atoms with Crippen LogP contribution in [0.2, 0.25) is 0 Å². The Bertz CT molecular complexity index is 650. The van der Waals surface area contributed by atoms with Crippen LogP contribution in [0.25, 0.3) is 0 Å². The summed E-state index contributed by atoms with van der Waals surface area (Å²) in [5.74, 6) is -1.18. The fourth-order valence-corrected chi connectivity index (χ4v) is 2.75. The van der Waals surface area contributed by atoms with E-state index in [0.717, 1.165) is 4.88 Å². The molecule has 0 fully saturated rings. The first kappa shape index (κ1) is 15.1. The summed E-state index contributed by atoms with van der Waals surface area (Å²) in [7, 11) is 0. The van der Waals surface area contributed by atoms with Crippen LogP contribution < -0.4 is 5.32 Å². The topological polar surface area (TPSA) is 98.5 Å². The summed E-state index contributed by atoms with van der Waals surface area (Å²) >= 11 is 2.22. The van der Waals surface area contributed by atoms with E-state index in [9.17, 15) is 19.7 Å². The molecule has 1 N–H and O–H groups in total. The highest BCUT2D eigenvalue weighted by Crippen LogP contribution is 2.24. The van der Waals surface area contributed by atoms with Gasteiger partial charge in [-0.05, 0) is 17.5 Å². The predicted molar refractivity (Wildman–Crippen MR) is 77.4 cm³/mol. The molecule has 0 unspecified atom stereocenters. The second-order valence-electron chi connectivity index (χ2n) is 3.83. The average molecular weight is 326 g/mol. The molecule has 7 nitrogen and oxygen atoms in total. The molecule has 0 saturated carbocycles. The maximum Gasteiger partial charge on any atom is 0.349 e. The summed E-state index contributed by atoms with van der Waals surface area (Å²) in [4.78, 5) is 34.1. The lowest BCUT2D eigenvalue weighted by Gasteiger charge is -2.04. The van der Waals surface area contributed by atoms with Crippen molar-refractivity contribution >= 4 is 39.6 Å². The number of esters is 1. The van der Waals surface area contributed by atoms with Gasteiger partial charge in [0.2, 0.25) is 0 Å². The van der Waals surface area contributed by atoms with E-state index >= 15 is 0 Å². The summed E-state index contributed by atoms with van der Waals surface area (Å²) < 4.78 is 4.79. The van der Waals surface area contributed by atoms with Crippen molar-refractivity contribution in [2.75, 3.05) is 6.61 Å². The molecule has 0 saturated heterocycles. The number of amides is 1. The Morgan fingerprint density at radius 1 is 1.33 bits per heavy atom. The van der Waals surface area contributed by atoms with Gasteiger partial charge in [0.25, 0.3) is 5.91 Å². The van der Waals surface area contributed by atoms with E-state index in [4.69, 9.17) is 4.74 Å². The van der Waals surface area contributed by atoms with E-state index in [1.54, 1.807) is 0 Å². The zero-order valence-corrected chi connectivity index (χ0v) is 12.2. The van der Waals surface area contributed by atoms with Crippen molar-refractivity contribution in [3.63, 3.8) is 0 Å². The van der Waals surface area contributed by atoms with Gasteiger partial charge < -0.3 is 10.1 Å². The fraction of sp³-hybridized carbons (Fsp3) is 0.167. The monoisotopic (exact) mass is 326 g/mol. The molecular weight excluding hydrogens is 316 g/mol. The first-order valence-electron chi connectivity index (χ1n) is 5.76. The molecule has 0 atom stereocenters. The van der Waals surface area contributed by atoms with Crippen LogP contribution in [0, 0.1) is 10.1 Å². The van der Waals surface area contributed by atoms with Crippen LogP contribution in [0.15, 0.2) is 29.6 Å². The second kappa shape index (κ2) is 6.95. The molecule has 2 aromatic heterocycles. The van der Waals surface area contributed by atoms with Gasteiger partial charge in [0.05, 0.1) is 11.5 Å². The highest BCUT2D eigenvalue weighted by molar-refractivity contribution is 7.17. The van der Waals surface area contributed by atoms with Gasteiger partial charge in [0.1, 0.15) is 4.88 Å². The zero-order chi connectivity index (χ0) is 15.2. The summed E-state index contributed by atoms with van der Waals surface area (Å²) in [6, 6.07) is 6.27. The van der Waals surface area contributed by atoms with Gasteiger partial charge >= 0.3 is 11.0 Å². The standard InChI is InChI=1S/C12H10N2O5S2/c15-10(13-6-8-2-1-5-20-8)7-19-12(16)9-3-4-11(21-9)14(17)18/h1-5H,6-7H2,(H,13,15). The number of thiophene rings is 2. The molecule has 110 valence electrons. The molecule has 0 spiro atoms. The van der Waals surface area contributed by atoms with Gasteiger partial charge in [-0.2, -0.15) is 0 Å². The van der Waals surface area contributed by atoms with Gasteiger partial charge in [-0.25, -0.2) is 4.79 Å². The molecule has 0 radical (unpaired) electrons. The minimum Gasteiger partial charge on any atom is -0.451 e. The lowest BCUT2D eigenvalue weighted by atomic mass is 10.4. The number of carbonyl (C=O) groups excluding carboxylic acids is 2. The molecule has 0 bridgehead atoms. The van der Waals surface area contributed by atoms with Crippen LogP contribution in [-0.2, 0) is 16.1 Å².